The Morgan fingerprint density at radius 2 is 2.11 bits per heavy atom. The van der Waals surface area contributed by atoms with Crippen molar-refractivity contribution >= 4 is 5.91 Å². The van der Waals surface area contributed by atoms with Crippen molar-refractivity contribution in [1.29, 1.82) is 0 Å². The smallest absolute Gasteiger partial charge is 0.240 e. The van der Waals surface area contributed by atoms with E-state index in [4.69, 9.17) is 0 Å². The SMILES string of the molecule is CN(C)C(=O)C1CNCCN1Cc1ccccc1. The summed E-state index contributed by atoms with van der Waals surface area (Å²) in [4.78, 5) is 16.1. The summed E-state index contributed by atoms with van der Waals surface area (Å²) in [6, 6.07) is 10.3. The molecule has 1 amide bonds. The monoisotopic (exact) mass is 247 g/mol. The van der Waals surface area contributed by atoms with E-state index < -0.39 is 0 Å². The van der Waals surface area contributed by atoms with E-state index in [0.29, 0.717) is 0 Å². The fraction of sp³-hybridized carbons (Fsp3) is 0.500. The van der Waals surface area contributed by atoms with Crippen molar-refractivity contribution in [2.24, 2.45) is 0 Å². The number of nitrogens with one attached hydrogen (secondary N) is 1. The van der Waals surface area contributed by atoms with E-state index in [1.165, 1.54) is 5.56 Å². The number of hydrogen-bond donors (Lipinski definition) is 1. The van der Waals surface area contributed by atoms with Gasteiger partial charge < -0.3 is 10.2 Å². The van der Waals surface area contributed by atoms with Gasteiger partial charge in [-0.15, -0.1) is 0 Å². The van der Waals surface area contributed by atoms with Gasteiger partial charge in [0.15, 0.2) is 0 Å². The number of rotatable bonds is 3. The summed E-state index contributed by atoms with van der Waals surface area (Å²) in [5, 5.41) is 3.30. The summed E-state index contributed by atoms with van der Waals surface area (Å²) < 4.78 is 0. The molecule has 1 aromatic carbocycles. The largest absolute Gasteiger partial charge is 0.347 e. The topological polar surface area (TPSA) is 35.6 Å². The standard InChI is InChI=1S/C14H21N3O/c1-16(2)14(18)13-10-15-8-9-17(13)11-12-6-4-3-5-7-12/h3-7,13,15H,8-11H2,1-2H3. The van der Waals surface area contributed by atoms with Gasteiger partial charge in [-0.3, -0.25) is 9.69 Å². The van der Waals surface area contributed by atoms with Crippen LogP contribution in [0, 0.1) is 0 Å². The quantitative estimate of drug-likeness (QED) is 0.847. The highest BCUT2D eigenvalue weighted by Crippen LogP contribution is 2.11. The molecule has 18 heavy (non-hydrogen) atoms. The Morgan fingerprint density at radius 1 is 1.39 bits per heavy atom. The van der Waals surface area contributed by atoms with Gasteiger partial charge in [0.05, 0.1) is 0 Å². The van der Waals surface area contributed by atoms with Gasteiger partial charge in [0.2, 0.25) is 5.91 Å². The Labute approximate surface area is 109 Å². The normalized spacial score (nSPS) is 20.7. The van der Waals surface area contributed by atoms with Crippen molar-refractivity contribution in [3.63, 3.8) is 0 Å². The molecule has 0 bridgehead atoms. The molecule has 4 heteroatoms. The predicted octanol–water partition coefficient (Wildman–Crippen LogP) is 0.549. The molecule has 4 nitrogen and oxygen atoms in total. The zero-order valence-electron chi connectivity index (χ0n) is 11.1. The van der Waals surface area contributed by atoms with Gasteiger partial charge in [0.25, 0.3) is 0 Å². The minimum Gasteiger partial charge on any atom is -0.347 e. The first-order valence-electron chi connectivity index (χ1n) is 6.38. The van der Waals surface area contributed by atoms with Gasteiger partial charge >= 0.3 is 0 Å². The van der Waals surface area contributed by atoms with E-state index in [0.717, 1.165) is 26.2 Å². The predicted molar refractivity (Wildman–Crippen MR) is 72.2 cm³/mol. The number of likely N-dealkylation sites (N-methyl/N-ethyl adjacent to an activating group) is 1. The molecule has 1 N–H and O–H groups in total. The fourth-order valence-corrected chi connectivity index (χ4v) is 2.30. The van der Waals surface area contributed by atoms with Crippen LogP contribution < -0.4 is 5.32 Å². The van der Waals surface area contributed by atoms with Crippen molar-refractivity contribution in [3.8, 4) is 0 Å². The molecule has 98 valence electrons. The van der Waals surface area contributed by atoms with Crippen molar-refractivity contribution in [2.75, 3.05) is 33.7 Å². The van der Waals surface area contributed by atoms with E-state index in [2.05, 4.69) is 22.3 Å². The van der Waals surface area contributed by atoms with E-state index in [1.54, 1.807) is 4.90 Å². The molecule has 1 aromatic rings. The van der Waals surface area contributed by atoms with Gasteiger partial charge in [-0.1, -0.05) is 30.3 Å². The summed E-state index contributed by atoms with van der Waals surface area (Å²) in [5.74, 6) is 0.179. The van der Waals surface area contributed by atoms with Crippen molar-refractivity contribution < 1.29 is 4.79 Å². The summed E-state index contributed by atoms with van der Waals surface area (Å²) in [6.45, 7) is 3.44. The third-order valence-corrected chi connectivity index (χ3v) is 3.31. The molecule has 0 radical (unpaired) electrons. The second kappa shape index (κ2) is 5.98. The lowest BCUT2D eigenvalue weighted by Crippen LogP contribution is -2.57. The number of carbonyl (C=O) groups is 1. The first kappa shape index (κ1) is 13.1. The zero-order valence-corrected chi connectivity index (χ0v) is 11.1. The van der Waals surface area contributed by atoms with Crippen LogP contribution in [0.25, 0.3) is 0 Å². The van der Waals surface area contributed by atoms with Crippen LogP contribution in [0.4, 0.5) is 0 Å². The Bertz CT molecular complexity index is 391. The summed E-state index contributed by atoms with van der Waals surface area (Å²) in [7, 11) is 3.63. The molecule has 1 atom stereocenters. The number of piperazine rings is 1. The Balaban J connectivity index is 2.06. The molecule has 1 unspecified atom stereocenters. The van der Waals surface area contributed by atoms with Crippen molar-refractivity contribution in [2.45, 2.75) is 12.6 Å². The lowest BCUT2D eigenvalue weighted by Gasteiger charge is -2.36. The van der Waals surface area contributed by atoms with E-state index in [9.17, 15) is 4.79 Å². The molecule has 0 saturated carbocycles. The van der Waals surface area contributed by atoms with Crippen LogP contribution in [-0.2, 0) is 11.3 Å². The molecule has 0 aromatic heterocycles. The van der Waals surface area contributed by atoms with Crippen LogP contribution in [0.5, 0.6) is 0 Å². The number of amides is 1. The van der Waals surface area contributed by atoms with Gasteiger partial charge in [0, 0.05) is 40.3 Å². The first-order valence-corrected chi connectivity index (χ1v) is 6.38. The maximum atomic E-state index is 12.1. The highest BCUT2D eigenvalue weighted by Gasteiger charge is 2.29. The molecule has 0 spiro atoms. The maximum Gasteiger partial charge on any atom is 0.240 e. The highest BCUT2D eigenvalue weighted by molar-refractivity contribution is 5.81. The minimum atomic E-state index is -0.0473. The lowest BCUT2D eigenvalue weighted by atomic mass is 10.1. The van der Waals surface area contributed by atoms with Crippen LogP contribution >= 0.6 is 0 Å². The Morgan fingerprint density at radius 3 is 2.78 bits per heavy atom. The second-order valence-electron chi connectivity index (χ2n) is 4.91. The molecule has 1 heterocycles. The molecule has 1 aliphatic rings. The van der Waals surface area contributed by atoms with E-state index in [1.807, 2.05) is 32.3 Å². The Kier molecular flexibility index (Phi) is 4.33. The molecule has 1 saturated heterocycles. The van der Waals surface area contributed by atoms with Crippen LogP contribution in [-0.4, -0.2) is 55.5 Å². The zero-order chi connectivity index (χ0) is 13.0. The van der Waals surface area contributed by atoms with Gasteiger partial charge in [-0.2, -0.15) is 0 Å². The number of benzene rings is 1. The minimum absolute atomic E-state index is 0.0473. The van der Waals surface area contributed by atoms with Crippen molar-refractivity contribution in [3.05, 3.63) is 35.9 Å². The van der Waals surface area contributed by atoms with E-state index >= 15 is 0 Å². The number of carbonyl (C=O) groups excluding carboxylic acids is 1. The molecular weight excluding hydrogens is 226 g/mol. The average molecular weight is 247 g/mol. The van der Waals surface area contributed by atoms with Gasteiger partial charge in [0.1, 0.15) is 6.04 Å². The average Bonchev–Trinajstić information content (AvgIpc) is 2.39. The summed E-state index contributed by atoms with van der Waals surface area (Å²) >= 11 is 0. The summed E-state index contributed by atoms with van der Waals surface area (Å²) in [6.07, 6.45) is 0. The van der Waals surface area contributed by atoms with Crippen LogP contribution in [0.15, 0.2) is 30.3 Å². The Hall–Kier alpha value is -1.39. The number of hydrogen-bond acceptors (Lipinski definition) is 3. The first-order chi connectivity index (χ1) is 8.68. The summed E-state index contributed by atoms with van der Waals surface area (Å²) in [5.41, 5.74) is 1.26. The third kappa shape index (κ3) is 3.09. The van der Waals surface area contributed by atoms with Crippen LogP contribution in [0.3, 0.4) is 0 Å². The van der Waals surface area contributed by atoms with Gasteiger partial charge in [-0.25, -0.2) is 0 Å². The maximum absolute atomic E-state index is 12.1. The molecule has 0 aliphatic carbocycles. The molecule has 2 rings (SSSR count). The highest BCUT2D eigenvalue weighted by atomic mass is 16.2. The fourth-order valence-electron chi connectivity index (χ4n) is 2.30. The van der Waals surface area contributed by atoms with Crippen LogP contribution in [0.2, 0.25) is 0 Å². The molecule has 1 aliphatic heterocycles. The lowest BCUT2D eigenvalue weighted by molar-refractivity contribution is -0.135. The van der Waals surface area contributed by atoms with Crippen LogP contribution in [0.1, 0.15) is 5.56 Å². The second-order valence-corrected chi connectivity index (χ2v) is 4.91. The number of nitrogens with zero attached hydrogens (tertiary/aromatic N) is 2. The van der Waals surface area contributed by atoms with Crippen molar-refractivity contribution in [1.82, 2.24) is 15.1 Å². The molecule has 1 fully saturated rings. The molecular formula is C14H21N3O. The third-order valence-electron chi connectivity index (χ3n) is 3.31. The van der Waals surface area contributed by atoms with E-state index in [-0.39, 0.29) is 11.9 Å². The van der Waals surface area contributed by atoms with Gasteiger partial charge in [-0.05, 0) is 5.56 Å².